The Labute approximate surface area is 126 Å². The molecule has 0 aliphatic rings. The third-order valence-electron chi connectivity index (χ3n) is 3.12. The van der Waals surface area contributed by atoms with E-state index in [0.29, 0.717) is 12.3 Å². The number of ether oxygens (including phenoxy) is 2. The highest BCUT2D eigenvalue weighted by molar-refractivity contribution is 7.10. The van der Waals surface area contributed by atoms with Gasteiger partial charge in [-0.3, -0.25) is 0 Å². The lowest BCUT2D eigenvalue weighted by molar-refractivity contribution is 0.398. The molecule has 6 heteroatoms. The van der Waals surface area contributed by atoms with E-state index < -0.39 is 17.7 Å². The maximum atomic E-state index is 14.3. The van der Waals surface area contributed by atoms with Gasteiger partial charge < -0.3 is 14.8 Å². The van der Waals surface area contributed by atoms with Crippen LogP contribution in [0.15, 0.2) is 23.6 Å². The smallest absolute Gasteiger partial charge is 0.134 e. The Morgan fingerprint density at radius 1 is 1.19 bits per heavy atom. The van der Waals surface area contributed by atoms with Crippen LogP contribution in [0.2, 0.25) is 0 Å². The van der Waals surface area contributed by atoms with Gasteiger partial charge in [0.1, 0.15) is 23.1 Å². The predicted molar refractivity (Wildman–Crippen MR) is 79.3 cm³/mol. The van der Waals surface area contributed by atoms with Crippen LogP contribution in [0.25, 0.3) is 0 Å². The first-order valence-corrected chi connectivity index (χ1v) is 7.38. The molecule has 1 unspecified atom stereocenters. The van der Waals surface area contributed by atoms with Gasteiger partial charge in [-0.15, -0.1) is 11.3 Å². The van der Waals surface area contributed by atoms with Gasteiger partial charge in [-0.05, 0) is 18.0 Å². The van der Waals surface area contributed by atoms with E-state index in [1.165, 1.54) is 37.7 Å². The molecule has 114 valence electrons. The molecule has 2 aromatic rings. The van der Waals surface area contributed by atoms with Crippen molar-refractivity contribution in [3.05, 3.63) is 45.7 Å². The van der Waals surface area contributed by atoms with Crippen molar-refractivity contribution in [3.63, 3.8) is 0 Å². The van der Waals surface area contributed by atoms with Crippen molar-refractivity contribution in [3.8, 4) is 11.5 Å². The average Bonchev–Trinajstić information content (AvgIpc) is 2.93. The van der Waals surface area contributed by atoms with E-state index in [9.17, 15) is 8.78 Å². The predicted octanol–water partition coefficient (Wildman–Crippen LogP) is 3.74. The zero-order chi connectivity index (χ0) is 15.4. The summed E-state index contributed by atoms with van der Waals surface area (Å²) in [5, 5.41) is 4.94. The Hall–Kier alpha value is -1.66. The summed E-state index contributed by atoms with van der Waals surface area (Å²) in [5.74, 6) is -0.524. The van der Waals surface area contributed by atoms with Gasteiger partial charge in [0.2, 0.25) is 0 Å². The maximum absolute atomic E-state index is 14.3. The van der Waals surface area contributed by atoms with Crippen molar-refractivity contribution in [1.82, 2.24) is 5.32 Å². The van der Waals surface area contributed by atoms with Crippen LogP contribution in [0.1, 0.15) is 23.4 Å². The molecule has 1 aromatic carbocycles. The number of methoxy groups -OCH3 is 2. The zero-order valence-electron chi connectivity index (χ0n) is 12.1. The fourth-order valence-corrected chi connectivity index (χ4v) is 3.12. The molecule has 0 fully saturated rings. The van der Waals surface area contributed by atoms with Crippen LogP contribution >= 0.6 is 11.3 Å². The van der Waals surface area contributed by atoms with Gasteiger partial charge in [0.05, 0.1) is 25.1 Å². The first-order chi connectivity index (χ1) is 10.1. The minimum atomic E-state index is -0.645. The molecule has 21 heavy (non-hydrogen) atoms. The number of hydrogen-bond donors (Lipinski definition) is 1. The molecule has 0 amide bonds. The molecule has 0 spiro atoms. The van der Waals surface area contributed by atoms with E-state index in [4.69, 9.17) is 9.47 Å². The molecule has 0 saturated carbocycles. The Bertz CT molecular complexity index is 592. The molecule has 0 bridgehead atoms. The zero-order valence-corrected chi connectivity index (χ0v) is 12.9. The molecule has 1 N–H and O–H groups in total. The number of benzene rings is 1. The third-order valence-corrected chi connectivity index (χ3v) is 4.09. The Kier molecular flexibility index (Phi) is 5.14. The fraction of sp³-hybridized carbons (Fsp3) is 0.333. The van der Waals surface area contributed by atoms with Crippen LogP contribution in [0.5, 0.6) is 11.5 Å². The summed E-state index contributed by atoms with van der Waals surface area (Å²) >= 11 is 1.39. The standard InChI is InChI=1S/C15H17F2NO2S/c1-4-18-14(15-12(20-3)5-6-21-15)13-10(16)7-9(19-2)8-11(13)17/h5-8,14,18H,4H2,1-3H3. The van der Waals surface area contributed by atoms with Crippen LogP contribution in [-0.2, 0) is 0 Å². The van der Waals surface area contributed by atoms with Gasteiger partial charge in [0, 0.05) is 17.7 Å². The maximum Gasteiger partial charge on any atom is 0.134 e. The Morgan fingerprint density at radius 2 is 1.86 bits per heavy atom. The molecule has 0 aliphatic heterocycles. The van der Waals surface area contributed by atoms with E-state index in [-0.39, 0.29) is 11.3 Å². The van der Waals surface area contributed by atoms with Crippen LogP contribution in [-0.4, -0.2) is 20.8 Å². The summed E-state index contributed by atoms with van der Waals surface area (Å²) in [4.78, 5) is 0.738. The SMILES string of the molecule is CCNC(c1sccc1OC)c1c(F)cc(OC)cc1F. The fourth-order valence-electron chi connectivity index (χ4n) is 2.17. The topological polar surface area (TPSA) is 30.5 Å². The number of halogens is 2. The van der Waals surface area contributed by atoms with E-state index in [2.05, 4.69) is 5.32 Å². The van der Waals surface area contributed by atoms with Crippen LogP contribution in [0, 0.1) is 11.6 Å². The summed E-state index contributed by atoms with van der Waals surface area (Å²) in [6.45, 7) is 2.45. The summed E-state index contributed by atoms with van der Waals surface area (Å²) < 4.78 is 38.7. The average molecular weight is 313 g/mol. The summed E-state index contributed by atoms with van der Waals surface area (Å²) in [7, 11) is 2.91. The molecule has 3 nitrogen and oxygen atoms in total. The van der Waals surface area contributed by atoms with Crippen molar-refractivity contribution in [2.75, 3.05) is 20.8 Å². The van der Waals surface area contributed by atoms with E-state index in [1.807, 2.05) is 12.3 Å². The quantitative estimate of drug-likeness (QED) is 0.881. The first kappa shape index (κ1) is 15.7. The van der Waals surface area contributed by atoms with Gasteiger partial charge in [0.25, 0.3) is 0 Å². The lowest BCUT2D eigenvalue weighted by Gasteiger charge is -2.20. The van der Waals surface area contributed by atoms with Crippen LogP contribution in [0.4, 0.5) is 8.78 Å². The van der Waals surface area contributed by atoms with E-state index in [1.54, 1.807) is 6.07 Å². The normalized spacial score (nSPS) is 12.2. The number of rotatable bonds is 6. The molecule has 0 saturated heterocycles. The largest absolute Gasteiger partial charge is 0.497 e. The molecular weight excluding hydrogens is 296 g/mol. The Balaban J connectivity index is 2.53. The van der Waals surface area contributed by atoms with Gasteiger partial charge >= 0.3 is 0 Å². The second kappa shape index (κ2) is 6.87. The lowest BCUT2D eigenvalue weighted by Crippen LogP contribution is -2.23. The van der Waals surface area contributed by atoms with Crippen molar-refractivity contribution < 1.29 is 18.3 Å². The van der Waals surface area contributed by atoms with Gasteiger partial charge in [-0.1, -0.05) is 6.92 Å². The van der Waals surface area contributed by atoms with Crippen LogP contribution < -0.4 is 14.8 Å². The van der Waals surface area contributed by atoms with Crippen molar-refractivity contribution >= 4 is 11.3 Å². The van der Waals surface area contributed by atoms with Crippen molar-refractivity contribution in [2.45, 2.75) is 13.0 Å². The molecule has 0 aliphatic carbocycles. The molecule has 1 aromatic heterocycles. The third kappa shape index (κ3) is 3.16. The van der Waals surface area contributed by atoms with Gasteiger partial charge in [-0.25, -0.2) is 8.78 Å². The minimum absolute atomic E-state index is 0.0293. The molecule has 0 radical (unpaired) electrons. The highest BCUT2D eigenvalue weighted by atomic mass is 32.1. The summed E-state index contributed by atoms with van der Waals surface area (Å²) in [5.41, 5.74) is -0.0293. The Morgan fingerprint density at radius 3 is 2.38 bits per heavy atom. The number of hydrogen-bond acceptors (Lipinski definition) is 4. The molecule has 1 heterocycles. The highest BCUT2D eigenvalue weighted by Gasteiger charge is 2.26. The van der Waals surface area contributed by atoms with Gasteiger partial charge in [-0.2, -0.15) is 0 Å². The minimum Gasteiger partial charge on any atom is -0.497 e. The lowest BCUT2D eigenvalue weighted by atomic mass is 10.0. The molecular formula is C15H17F2NO2S. The summed E-state index contributed by atoms with van der Waals surface area (Å²) in [6.07, 6.45) is 0. The number of nitrogens with one attached hydrogen (secondary N) is 1. The molecule has 2 rings (SSSR count). The monoisotopic (exact) mass is 313 g/mol. The number of thiophene rings is 1. The van der Waals surface area contributed by atoms with Crippen LogP contribution in [0.3, 0.4) is 0 Å². The summed E-state index contributed by atoms with van der Waals surface area (Å²) in [6, 6.07) is 3.55. The second-order valence-electron chi connectivity index (χ2n) is 4.35. The van der Waals surface area contributed by atoms with E-state index in [0.717, 1.165) is 4.88 Å². The van der Waals surface area contributed by atoms with Gasteiger partial charge in [0.15, 0.2) is 0 Å². The highest BCUT2D eigenvalue weighted by Crippen LogP contribution is 2.37. The van der Waals surface area contributed by atoms with E-state index >= 15 is 0 Å². The first-order valence-electron chi connectivity index (χ1n) is 6.50. The second-order valence-corrected chi connectivity index (χ2v) is 5.30. The molecule has 1 atom stereocenters. The van der Waals surface area contributed by atoms with Crippen molar-refractivity contribution in [1.29, 1.82) is 0 Å². The van der Waals surface area contributed by atoms with Crippen molar-refractivity contribution in [2.24, 2.45) is 0 Å².